The molecule has 1 amide bonds. The van der Waals surface area contributed by atoms with Gasteiger partial charge in [0.25, 0.3) is 5.91 Å². The van der Waals surface area contributed by atoms with Gasteiger partial charge in [0, 0.05) is 31.9 Å². The Balaban J connectivity index is 2.12. The molecule has 1 N–H and O–H groups in total. The highest BCUT2D eigenvalue weighted by molar-refractivity contribution is 5.92. The molecule has 1 aromatic heterocycles. The number of nitrogens with one attached hydrogen (secondary N) is 1. The van der Waals surface area contributed by atoms with E-state index in [1.165, 1.54) is 6.33 Å². The number of carbonyl (C=O) groups excluding carboxylic acids is 1. The molecule has 16 heavy (non-hydrogen) atoms. The molecule has 5 nitrogen and oxygen atoms in total. The average Bonchev–Trinajstić information content (AvgIpc) is 2.39. The molecule has 0 aromatic carbocycles. The Bertz CT molecular complexity index is 374. The second kappa shape index (κ2) is 5.03. The van der Waals surface area contributed by atoms with Crippen molar-refractivity contribution in [2.75, 3.05) is 26.2 Å². The number of hydrogen-bond donors (Lipinski definition) is 1. The highest BCUT2D eigenvalue weighted by Gasteiger charge is 2.19. The molecular weight excluding hydrogens is 204 g/mol. The number of amides is 1. The maximum Gasteiger partial charge on any atom is 0.272 e. The van der Waals surface area contributed by atoms with Crippen LogP contribution in [-0.2, 0) is 6.42 Å². The molecule has 0 spiro atoms. The molecule has 1 aliphatic heterocycles. The van der Waals surface area contributed by atoms with Crippen LogP contribution in [0, 0.1) is 0 Å². The van der Waals surface area contributed by atoms with Crippen LogP contribution in [0.4, 0.5) is 0 Å². The molecule has 2 rings (SSSR count). The number of rotatable bonds is 2. The van der Waals surface area contributed by atoms with E-state index in [4.69, 9.17) is 0 Å². The highest BCUT2D eigenvalue weighted by Crippen LogP contribution is 2.04. The average molecular weight is 220 g/mol. The van der Waals surface area contributed by atoms with Gasteiger partial charge in [0.2, 0.25) is 0 Å². The molecule has 0 unspecified atom stereocenters. The van der Waals surface area contributed by atoms with Crippen LogP contribution in [0.15, 0.2) is 12.4 Å². The summed E-state index contributed by atoms with van der Waals surface area (Å²) in [6, 6.07) is 1.78. The first-order valence-electron chi connectivity index (χ1n) is 5.62. The van der Waals surface area contributed by atoms with Crippen LogP contribution in [0.1, 0.15) is 23.1 Å². The molecule has 0 atom stereocenters. The molecule has 1 fully saturated rings. The van der Waals surface area contributed by atoms with Gasteiger partial charge in [-0.3, -0.25) is 4.79 Å². The molecule has 1 saturated heterocycles. The van der Waals surface area contributed by atoms with Crippen molar-refractivity contribution in [1.29, 1.82) is 0 Å². The first kappa shape index (κ1) is 11.0. The van der Waals surface area contributed by atoms with Crippen LogP contribution in [0.25, 0.3) is 0 Å². The van der Waals surface area contributed by atoms with E-state index in [0.717, 1.165) is 38.3 Å². The van der Waals surface area contributed by atoms with Crippen molar-refractivity contribution in [3.8, 4) is 0 Å². The molecule has 1 aromatic rings. The maximum absolute atomic E-state index is 12.1. The lowest BCUT2D eigenvalue weighted by atomic mass is 10.2. The zero-order valence-electron chi connectivity index (χ0n) is 9.44. The van der Waals surface area contributed by atoms with E-state index in [1.807, 2.05) is 11.8 Å². The topological polar surface area (TPSA) is 58.1 Å². The largest absolute Gasteiger partial charge is 0.335 e. The Morgan fingerprint density at radius 2 is 2.19 bits per heavy atom. The molecule has 5 heteroatoms. The van der Waals surface area contributed by atoms with Gasteiger partial charge in [-0.15, -0.1) is 0 Å². The third kappa shape index (κ3) is 2.36. The molecular formula is C11H16N4O. The molecule has 1 aliphatic rings. The van der Waals surface area contributed by atoms with Gasteiger partial charge in [-0.05, 0) is 12.5 Å². The van der Waals surface area contributed by atoms with Crippen molar-refractivity contribution in [3.05, 3.63) is 23.8 Å². The normalized spacial score (nSPS) is 16.2. The predicted molar refractivity (Wildman–Crippen MR) is 60.2 cm³/mol. The monoisotopic (exact) mass is 220 g/mol. The zero-order valence-corrected chi connectivity index (χ0v) is 9.44. The summed E-state index contributed by atoms with van der Waals surface area (Å²) in [5.41, 5.74) is 1.42. The second-order valence-electron chi connectivity index (χ2n) is 3.79. The summed E-state index contributed by atoms with van der Waals surface area (Å²) in [6.07, 6.45) is 2.29. The quantitative estimate of drug-likeness (QED) is 0.767. The van der Waals surface area contributed by atoms with Crippen LogP contribution in [0.2, 0.25) is 0 Å². The highest BCUT2D eigenvalue weighted by atomic mass is 16.2. The van der Waals surface area contributed by atoms with E-state index in [-0.39, 0.29) is 5.91 Å². The summed E-state index contributed by atoms with van der Waals surface area (Å²) in [5, 5.41) is 3.22. The molecule has 0 saturated carbocycles. The van der Waals surface area contributed by atoms with E-state index < -0.39 is 0 Å². The summed E-state index contributed by atoms with van der Waals surface area (Å²) in [4.78, 5) is 22.0. The van der Waals surface area contributed by atoms with Crippen molar-refractivity contribution < 1.29 is 4.79 Å². The molecule has 0 bridgehead atoms. The number of piperazine rings is 1. The second-order valence-corrected chi connectivity index (χ2v) is 3.79. The fourth-order valence-corrected chi connectivity index (χ4v) is 1.74. The van der Waals surface area contributed by atoms with Gasteiger partial charge in [0.05, 0.1) is 0 Å². The predicted octanol–water partition coefficient (Wildman–Crippen LogP) is 0.0844. The minimum atomic E-state index is 0.0126. The Morgan fingerprint density at radius 3 is 2.88 bits per heavy atom. The number of carbonyl (C=O) groups is 1. The van der Waals surface area contributed by atoms with Gasteiger partial charge in [-0.25, -0.2) is 9.97 Å². The van der Waals surface area contributed by atoms with Crippen molar-refractivity contribution in [3.63, 3.8) is 0 Å². The molecule has 0 radical (unpaired) electrons. The fourth-order valence-electron chi connectivity index (χ4n) is 1.74. The van der Waals surface area contributed by atoms with E-state index in [0.29, 0.717) is 5.69 Å². The fraction of sp³-hybridized carbons (Fsp3) is 0.545. The lowest BCUT2D eigenvalue weighted by Crippen LogP contribution is -2.46. The van der Waals surface area contributed by atoms with E-state index in [9.17, 15) is 4.79 Å². The van der Waals surface area contributed by atoms with Crippen LogP contribution in [0.3, 0.4) is 0 Å². The summed E-state index contributed by atoms with van der Waals surface area (Å²) >= 11 is 0. The van der Waals surface area contributed by atoms with Crippen LogP contribution in [0.5, 0.6) is 0 Å². The van der Waals surface area contributed by atoms with Crippen LogP contribution >= 0.6 is 0 Å². The van der Waals surface area contributed by atoms with Crippen LogP contribution < -0.4 is 5.32 Å². The Labute approximate surface area is 94.9 Å². The van der Waals surface area contributed by atoms with Crippen molar-refractivity contribution in [2.24, 2.45) is 0 Å². The van der Waals surface area contributed by atoms with Gasteiger partial charge in [-0.1, -0.05) is 6.92 Å². The van der Waals surface area contributed by atoms with Gasteiger partial charge in [-0.2, -0.15) is 0 Å². The number of aryl methyl sites for hydroxylation is 1. The molecule has 86 valence electrons. The van der Waals surface area contributed by atoms with Gasteiger partial charge in [0.1, 0.15) is 12.0 Å². The van der Waals surface area contributed by atoms with Gasteiger partial charge >= 0.3 is 0 Å². The summed E-state index contributed by atoms with van der Waals surface area (Å²) in [6.45, 7) is 5.24. The zero-order chi connectivity index (χ0) is 11.4. The smallest absolute Gasteiger partial charge is 0.272 e. The summed E-state index contributed by atoms with van der Waals surface area (Å²) in [7, 11) is 0. The molecule has 2 heterocycles. The number of nitrogens with zero attached hydrogens (tertiary/aromatic N) is 3. The Hall–Kier alpha value is -1.49. The third-order valence-electron chi connectivity index (χ3n) is 2.71. The van der Waals surface area contributed by atoms with E-state index in [2.05, 4.69) is 15.3 Å². The minimum Gasteiger partial charge on any atom is -0.335 e. The first-order chi connectivity index (χ1) is 7.81. The number of hydrogen-bond acceptors (Lipinski definition) is 4. The lowest BCUT2D eigenvalue weighted by molar-refractivity contribution is 0.0729. The minimum absolute atomic E-state index is 0.0126. The lowest BCUT2D eigenvalue weighted by Gasteiger charge is -2.27. The summed E-state index contributed by atoms with van der Waals surface area (Å²) in [5.74, 6) is 0.0126. The SMILES string of the molecule is CCc1cc(C(=O)N2CCNCC2)ncn1. The van der Waals surface area contributed by atoms with Crippen LogP contribution in [-0.4, -0.2) is 47.0 Å². The summed E-state index contributed by atoms with van der Waals surface area (Å²) < 4.78 is 0. The van der Waals surface area contributed by atoms with Gasteiger partial charge < -0.3 is 10.2 Å². The van der Waals surface area contributed by atoms with Gasteiger partial charge in [0.15, 0.2) is 0 Å². The van der Waals surface area contributed by atoms with Crippen molar-refractivity contribution in [2.45, 2.75) is 13.3 Å². The standard InChI is InChI=1S/C11H16N4O/c1-2-9-7-10(14-8-13-9)11(16)15-5-3-12-4-6-15/h7-8,12H,2-6H2,1H3. The molecule has 0 aliphatic carbocycles. The Kier molecular flexibility index (Phi) is 3.46. The third-order valence-corrected chi connectivity index (χ3v) is 2.71. The van der Waals surface area contributed by atoms with Crippen molar-refractivity contribution in [1.82, 2.24) is 20.2 Å². The Morgan fingerprint density at radius 1 is 1.44 bits per heavy atom. The van der Waals surface area contributed by atoms with Crippen molar-refractivity contribution >= 4 is 5.91 Å². The number of aromatic nitrogens is 2. The first-order valence-corrected chi connectivity index (χ1v) is 5.62. The van der Waals surface area contributed by atoms with E-state index >= 15 is 0 Å². The maximum atomic E-state index is 12.1. The van der Waals surface area contributed by atoms with E-state index in [1.54, 1.807) is 6.07 Å².